The van der Waals surface area contributed by atoms with Crippen molar-refractivity contribution in [3.8, 4) is 0 Å². The lowest BCUT2D eigenvalue weighted by Crippen LogP contribution is -2.45. The van der Waals surface area contributed by atoms with Crippen LogP contribution >= 0.6 is 11.8 Å². The van der Waals surface area contributed by atoms with Gasteiger partial charge in [0.2, 0.25) is 5.91 Å². The van der Waals surface area contributed by atoms with Gasteiger partial charge in [-0.3, -0.25) is 19.3 Å². The molecule has 3 aromatic carbocycles. The normalized spacial score (nSPS) is 19.0. The molecule has 0 N–H and O–H groups in total. The highest BCUT2D eigenvalue weighted by Crippen LogP contribution is 2.36. The zero-order valence-electron chi connectivity index (χ0n) is 17.9. The molecule has 162 valence electrons. The van der Waals surface area contributed by atoms with Crippen molar-refractivity contribution in [3.63, 3.8) is 0 Å². The Bertz CT molecular complexity index is 1220. The summed E-state index contributed by atoms with van der Waals surface area (Å²) in [5.74, 6) is 0.0570. The van der Waals surface area contributed by atoms with Crippen LogP contribution in [-0.4, -0.2) is 46.5 Å². The number of thioether (sulfide) groups is 1. The third-order valence-electron chi connectivity index (χ3n) is 6.39. The van der Waals surface area contributed by atoms with Crippen LogP contribution in [0.15, 0.2) is 59.5 Å². The number of nitrogens with zero attached hydrogens (tertiary/aromatic N) is 2. The van der Waals surface area contributed by atoms with Crippen LogP contribution in [0.5, 0.6) is 0 Å². The van der Waals surface area contributed by atoms with Gasteiger partial charge in [0.15, 0.2) is 0 Å². The van der Waals surface area contributed by atoms with Gasteiger partial charge in [-0.2, -0.15) is 0 Å². The number of carbonyl (C=O) groups is 3. The number of carbonyl (C=O) groups excluding carboxylic acids is 3. The highest BCUT2D eigenvalue weighted by Gasteiger charge is 2.37. The fourth-order valence-electron chi connectivity index (χ4n) is 4.47. The van der Waals surface area contributed by atoms with Crippen molar-refractivity contribution < 1.29 is 14.4 Å². The second kappa shape index (κ2) is 8.43. The van der Waals surface area contributed by atoms with Crippen molar-refractivity contribution in [2.24, 2.45) is 5.92 Å². The molecule has 0 spiro atoms. The van der Waals surface area contributed by atoms with Gasteiger partial charge in [0.1, 0.15) is 6.54 Å². The average Bonchev–Trinajstić information content (AvgIpc) is 3.06. The van der Waals surface area contributed by atoms with E-state index >= 15 is 0 Å². The van der Waals surface area contributed by atoms with E-state index in [4.69, 9.17) is 0 Å². The Kier molecular flexibility index (Phi) is 5.47. The molecule has 2 aliphatic rings. The van der Waals surface area contributed by atoms with Gasteiger partial charge < -0.3 is 4.90 Å². The first-order chi connectivity index (χ1) is 15.5. The van der Waals surface area contributed by atoms with E-state index in [1.54, 1.807) is 4.90 Å². The first kappa shape index (κ1) is 20.8. The Morgan fingerprint density at radius 2 is 1.59 bits per heavy atom. The van der Waals surface area contributed by atoms with Crippen LogP contribution in [-0.2, 0) is 9.59 Å². The summed E-state index contributed by atoms with van der Waals surface area (Å²) < 4.78 is 0. The van der Waals surface area contributed by atoms with E-state index in [2.05, 4.69) is 13.0 Å². The molecule has 0 aromatic heterocycles. The van der Waals surface area contributed by atoms with E-state index < -0.39 is 5.91 Å². The minimum Gasteiger partial charge on any atom is -0.341 e. The summed E-state index contributed by atoms with van der Waals surface area (Å²) in [6.07, 6.45) is 3.73. The van der Waals surface area contributed by atoms with Gasteiger partial charge in [-0.15, -0.1) is 0 Å². The lowest BCUT2D eigenvalue weighted by Gasteiger charge is -2.31. The molecule has 2 fully saturated rings. The molecule has 6 heteroatoms. The number of piperidine rings is 1. The summed E-state index contributed by atoms with van der Waals surface area (Å²) in [6, 6.07) is 18.2. The van der Waals surface area contributed by atoms with Gasteiger partial charge in [0, 0.05) is 13.1 Å². The average molecular weight is 445 g/mol. The highest BCUT2D eigenvalue weighted by atomic mass is 32.2. The van der Waals surface area contributed by atoms with Crippen LogP contribution < -0.4 is 0 Å². The first-order valence-corrected chi connectivity index (χ1v) is 11.8. The molecular formula is C26H24N2O3S. The second-order valence-electron chi connectivity index (χ2n) is 8.56. The largest absolute Gasteiger partial charge is 0.341 e. The van der Waals surface area contributed by atoms with Crippen LogP contribution in [0.1, 0.15) is 25.3 Å². The van der Waals surface area contributed by atoms with Gasteiger partial charge in [0.05, 0.1) is 4.91 Å². The Morgan fingerprint density at radius 1 is 1.00 bits per heavy atom. The standard InChI is InChI=1S/C26H24N2O3S/c1-17-10-12-27(13-11-17)24(29)16-28-25(30)23(32-26(28)31)15-22-20-8-4-2-6-18(20)14-19-7-3-5-9-21(19)22/h2-9,14-15,17H,10-13,16H2,1H3/b23-15+. The molecule has 0 aliphatic carbocycles. The predicted molar refractivity (Wildman–Crippen MR) is 129 cm³/mol. The molecule has 32 heavy (non-hydrogen) atoms. The lowest BCUT2D eigenvalue weighted by molar-refractivity contribution is -0.136. The summed E-state index contributed by atoms with van der Waals surface area (Å²) in [5, 5.41) is 3.81. The number of likely N-dealkylation sites (tertiary alicyclic amines) is 1. The summed E-state index contributed by atoms with van der Waals surface area (Å²) in [7, 11) is 0. The quantitative estimate of drug-likeness (QED) is 0.407. The maximum Gasteiger partial charge on any atom is 0.294 e. The Hall–Kier alpha value is -3.12. The minimum atomic E-state index is -0.393. The topological polar surface area (TPSA) is 57.7 Å². The zero-order chi connectivity index (χ0) is 22.2. The summed E-state index contributed by atoms with van der Waals surface area (Å²) in [4.78, 5) is 41.7. The summed E-state index contributed by atoms with van der Waals surface area (Å²) in [6.45, 7) is 3.37. The monoisotopic (exact) mass is 444 g/mol. The molecule has 0 bridgehead atoms. The van der Waals surface area contributed by atoms with Gasteiger partial charge in [-0.05, 0) is 69.8 Å². The van der Waals surface area contributed by atoms with Crippen LogP contribution in [0, 0.1) is 5.92 Å². The lowest BCUT2D eigenvalue weighted by atomic mass is 9.96. The fraction of sp³-hybridized carbons (Fsp3) is 0.269. The van der Waals surface area contributed by atoms with Gasteiger partial charge in [-0.1, -0.05) is 55.5 Å². The van der Waals surface area contributed by atoms with Gasteiger partial charge in [0.25, 0.3) is 11.1 Å². The smallest absolute Gasteiger partial charge is 0.294 e. The molecule has 0 atom stereocenters. The molecule has 0 radical (unpaired) electrons. The van der Waals surface area contributed by atoms with E-state index in [0.29, 0.717) is 23.9 Å². The van der Waals surface area contributed by atoms with Crippen molar-refractivity contribution in [3.05, 3.63) is 65.1 Å². The second-order valence-corrected chi connectivity index (χ2v) is 9.56. The molecule has 5 nitrogen and oxygen atoms in total. The first-order valence-electron chi connectivity index (χ1n) is 10.9. The van der Waals surface area contributed by atoms with Crippen LogP contribution in [0.25, 0.3) is 27.6 Å². The van der Waals surface area contributed by atoms with Crippen LogP contribution in [0.4, 0.5) is 4.79 Å². The van der Waals surface area contributed by atoms with Crippen molar-refractivity contribution in [2.45, 2.75) is 19.8 Å². The van der Waals surface area contributed by atoms with Crippen LogP contribution in [0.3, 0.4) is 0 Å². The molecule has 5 rings (SSSR count). The molecule has 2 aliphatic heterocycles. The highest BCUT2D eigenvalue weighted by molar-refractivity contribution is 8.18. The third kappa shape index (κ3) is 3.79. The van der Waals surface area contributed by atoms with E-state index in [1.807, 2.05) is 54.6 Å². The number of fused-ring (bicyclic) bond motifs is 2. The van der Waals surface area contributed by atoms with Crippen molar-refractivity contribution in [2.75, 3.05) is 19.6 Å². The molecule has 0 unspecified atom stereocenters. The number of hydrogen-bond donors (Lipinski definition) is 0. The van der Waals surface area contributed by atoms with Gasteiger partial charge >= 0.3 is 0 Å². The Labute approximate surface area is 191 Å². The maximum atomic E-state index is 13.1. The molecule has 3 aromatic rings. The van der Waals surface area contributed by atoms with Crippen molar-refractivity contribution in [1.29, 1.82) is 0 Å². The molecule has 2 saturated heterocycles. The number of amides is 3. The zero-order valence-corrected chi connectivity index (χ0v) is 18.7. The SMILES string of the molecule is CC1CCN(C(=O)CN2C(=O)S/C(=C/c3c4ccccc4cc4ccccc34)C2=O)CC1. The Morgan fingerprint density at radius 3 is 2.22 bits per heavy atom. The van der Waals surface area contributed by atoms with Crippen molar-refractivity contribution >= 4 is 56.4 Å². The molecule has 2 heterocycles. The van der Waals surface area contributed by atoms with E-state index in [-0.39, 0.29) is 17.7 Å². The van der Waals surface area contributed by atoms with E-state index in [9.17, 15) is 14.4 Å². The van der Waals surface area contributed by atoms with Crippen molar-refractivity contribution in [1.82, 2.24) is 9.80 Å². The molecule has 0 saturated carbocycles. The predicted octanol–water partition coefficient (Wildman–Crippen LogP) is 5.29. The van der Waals surface area contributed by atoms with Crippen LogP contribution in [0.2, 0.25) is 0 Å². The molecular weight excluding hydrogens is 420 g/mol. The Balaban J connectivity index is 1.46. The third-order valence-corrected chi connectivity index (χ3v) is 7.30. The fourth-order valence-corrected chi connectivity index (χ4v) is 5.29. The minimum absolute atomic E-state index is 0.156. The number of imide groups is 1. The van der Waals surface area contributed by atoms with E-state index in [0.717, 1.165) is 56.6 Å². The number of hydrogen-bond acceptors (Lipinski definition) is 4. The number of benzene rings is 3. The van der Waals surface area contributed by atoms with E-state index in [1.165, 1.54) is 0 Å². The number of rotatable bonds is 3. The molecule has 3 amide bonds. The van der Waals surface area contributed by atoms with Gasteiger partial charge in [-0.25, -0.2) is 0 Å². The maximum absolute atomic E-state index is 13.1. The summed E-state index contributed by atoms with van der Waals surface area (Å²) >= 11 is 0.911. The summed E-state index contributed by atoms with van der Waals surface area (Å²) in [5.41, 5.74) is 0.917.